The van der Waals surface area contributed by atoms with Crippen LogP contribution in [-0.4, -0.2) is 13.1 Å². The van der Waals surface area contributed by atoms with Gasteiger partial charge in [-0.15, -0.1) is 6.58 Å². The van der Waals surface area contributed by atoms with E-state index in [1.54, 1.807) is 0 Å². The molecule has 1 nitrogen and oxygen atoms in total. The molecule has 14 heavy (non-hydrogen) atoms. The fourth-order valence-electron chi connectivity index (χ4n) is 1.44. The van der Waals surface area contributed by atoms with Gasteiger partial charge in [-0.05, 0) is 43.7 Å². The number of rotatable bonds is 8. The zero-order valence-electron chi connectivity index (χ0n) is 10.4. The van der Waals surface area contributed by atoms with Gasteiger partial charge in [0, 0.05) is 0 Å². The highest BCUT2D eigenvalue weighted by Gasteiger charge is 2.15. The first-order valence-electron chi connectivity index (χ1n) is 5.79. The lowest BCUT2D eigenvalue weighted by Gasteiger charge is -2.24. The highest BCUT2D eigenvalue weighted by Crippen LogP contribution is 2.26. The second-order valence-corrected chi connectivity index (χ2v) is 5.34. The summed E-state index contributed by atoms with van der Waals surface area (Å²) in [5.74, 6) is 0.756. The maximum absolute atomic E-state index is 3.77. The van der Waals surface area contributed by atoms with E-state index in [9.17, 15) is 0 Å². The Hall–Kier alpha value is -0.300. The minimum Gasteiger partial charge on any atom is -0.316 e. The number of nitrogens with one attached hydrogen (secondary N) is 1. The third-order valence-electron chi connectivity index (χ3n) is 2.56. The largest absolute Gasteiger partial charge is 0.316 e. The molecule has 1 N–H and O–H groups in total. The van der Waals surface area contributed by atoms with Crippen LogP contribution in [0.3, 0.4) is 0 Å². The monoisotopic (exact) mass is 197 g/mol. The van der Waals surface area contributed by atoms with Crippen molar-refractivity contribution in [3.8, 4) is 0 Å². The third-order valence-corrected chi connectivity index (χ3v) is 2.56. The van der Waals surface area contributed by atoms with Crippen LogP contribution in [-0.2, 0) is 0 Å². The van der Waals surface area contributed by atoms with E-state index >= 15 is 0 Å². The Labute approximate surface area is 90.0 Å². The molecule has 0 aliphatic rings. The SMILES string of the molecule is C=CCCC(C)(C)CCNCC(C)C. The average molecular weight is 197 g/mol. The third kappa shape index (κ3) is 8.31. The molecule has 84 valence electrons. The lowest BCUT2D eigenvalue weighted by molar-refractivity contribution is 0.302. The highest BCUT2D eigenvalue weighted by atomic mass is 14.8. The summed E-state index contributed by atoms with van der Waals surface area (Å²) in [5, 5.41) is 3.49. The second-order valence-electron chi connectivity index (χ2n) is 5.34. The molecule has 0 rings (SSSR count). The maximum atomic E-state index is 3.77. The fraction of sp³-hybridized carbons (Fsp3) is 0.846. The molecule has 0 aliphatic heterocycles. The van der Waals surface area contributed by atoms with Crippen LogP contribution in [0, 0.1) is 11.3 Å². The summed E-state index contributed by atoms with van der Waals surface area (Å²) in [4.78, 5) is 0. The average Bonchev–Trinajstić information content (AvgIpc) is 2.09. The van der Waals surface area contributed by atoms with Gasteiger partial charge in [-0.25, -0.2) is 0 Å². The molecule has 0 aromatic heterocycles. The van der Waals surface area contributed by atoms with Crippen molar-refractivity contribution < 1.29 is 0 Å². The zero-order valence-corrected chi connectivity index (χ0v) is 10.4. The molecular formula is C13H27N. The Bertz CT molecular complexity index is 147. The Morgan fingerprint density at radius 3 is 2.43 bits per heavy atom. The van der Waals surface area contributed by atoms with E-state index in [0.29, 0.717) is 5.41 Å². The summed E-state index contributed by atoms with van der Waals surface area (Å²) < 4.78 is 0. The number of allylic oxidation sites excluding steroid dienone is 1. The lowest BCUT2D eigenvalue weighted by Crippen LogP contribution is -2.25. The minimum absolute atomic E-state index is 0.457. The summed E-state index contributed by atoms with van der Waals surface area (Å²) in [7, 11) is 0. The Morgan fingerprint density at radius 1 is 1.29 bits per heavy atom. The molecule has 1 heteroatoms. The number of hydrogen-bond donors (Lipinski definition) is 1. The van der Waals surface area contributed by atoms with Gasteiger partial charge in [0.1, 0.15) is 0 Å². The van der Waals surface area contributed by atoms with Crippen LogP contribution in [0.2, 0.25) is 0 Å². The quantitative estimate of drug-likeness (QED) is 0.463. The van der Waals surface area contributed by atoms with Crippen LogP contribution in [0.5, 0.6) is 0 Å². The zero-order chi connectivity index (χ0) is 11.0. The van der Waals surface area contributed by atoms with Crippen molar-refractivity contribution >= 4 is 0 Å². The highest BCUT2D eigenvalue weighted by molar-refractivity contribution is 4.75. The van der Waals surface area contributed by atoms with Gasteiger partial charge in [0.05, 0.1) is 0 Å². The van der Waals surface area contributed by atoms with E-state index in [1.165, 1.54) is 12.8 Å². The Morgan fingerprint density at radius 2 is 1.93 bits per heavy atom. The molecule has 0 heterocycles. The van der Waals surface area contributed by atoms with Crippen LogP contribution in [0.1, 0.15) is 47.0 Å². The molecule has 0 aromatic carbocycles. The van der Waals surface area contributed by atoms with Crippen molar-refractivity contribution in [3.63, 3.8) is 0 Å². The Balaban J connectivity index is 3.49. The molecule has 0 unspecified atom stereocenters. The van der Waals surface area contributed by atoms with Gasteiger partial charge in [-0.1, -0.05) is 33.8 Å². The molecule has 0 atom stereocenters. The molecule has 0 saturated heterocycles. The van der Waals surface area contributed by atoms with Crippen LogP contribution >= 0.6 is 0 Å². The van der Waals surface area contributed by atoms with Gasteiger partial charge in [-0.2, -0.15) is 0 Å². The predicted molar refractivity (Wildman–Crippen MR) is 65.5 cm³/mol. The van der Waals surface area contributed by atoms with Gasteiger partial charge in [0.25, 0.3) is 0 Å². The van der Waals surface area contributed by atoms with E-state index < -0.39 is 0 Å². The molecule has 0 saturated carbocycles. The molecule has 0 aromatic rings. The Kier molecular flexibility index (Phi) is 6.90. The maximum Gasteiger partial charge on any atom is -0.00258 e. The first-order chi connectivity index (χ1) is 6.48. The van der Waals surface area contributed by atoms with Gasteiger partial charge >= 0.3 is 0 Å². The summed E-state index contributed by atoms with van der Waals surface area (Å²) in [6.45, 7) is 15.2. The predicted octanol–water partition coefficient (Wildman–Crippen LogP) is 3.61. The van der Waals surface area contributed by atoms with E-state index in [0.717, 1.165) is 25.4 Å². The van der Waals surface area contributed by atoms with Gasteiger partial charge < -0.3 is 5.32 Å². The van der Waals surface area contributed by atoms with Crippen molar-refractivity contribution in [3.05, 3.63) is 12.7 Å². The lowest BCUT2D eigenvalue weighted by atomic mass is 9.84. The van der Waals surface area contributed by atoms with Crippen LogP contribution in [0.4, 0.5) is 0 Å². The van der Waals surface area contributed by atoms with Crippen LogP contribution < -0.4 is 5.32 Å². The normalized spacial score (nSPS) is 12.1. The molecule has 0 amide bonds. The standard InChI is InChI=1S/C13H27N/c1-6-7-8-13(4,5)9-10-14-11-12(2)3/h6,12,14H,1,7-11H2,2-5H3. The van der Waals surface area contributed by atoms with E-state index in [-0.39, 0.29) is 0 Å². The van der Waals surface area contributed by atoms with E-state index in [1.807, 2.05) is 6.08 Å². The summed E-state index contributed by atoms with van der Waals surface area (Å²) in [5.41, 5.74) is 0.457. The second kappa shape index (κ2) is 7.05. The topological polar surface area (TPSA) is 12.0 Å². The first-order valence-corrected chi connectivity index (χ1v) is 5.79. The molecule has 0 aliphatic carbocycles. The molecule has 0 radical (unpaired) electrons. The van der Waals surface area contributed by atoms with Gasteiger partial charge in [-0.3, -0.25) is 0 Å². The van der Waals surface area contributed by atoms with Crippen molar-refractivity contribution in [2.45, 2.75) is 47.0 Å². The molecular weight excluding hydrogens is 170 g/mol. The van der Waals surface area contributed by atoms with Crippen molar-refractivity contribution in [2.24, 2.45) is 11.3 Å². The minimum atomic E-state index is 0.457. The fourth-order valence-corrected chi connectivity index (χ4v) is 1.44. The summed E-state index contributed by atoms with van der Waals surface area (Å²) >= 11 is 0. The molecule has 0 fully saturated rings. The number of hydrogen-bond acceptors (Lipinski definition) is 1. The summed E-state index contributed by atoms with van der Waals surface area (Å²) in [6, 6.07) is 0. The molecule has 0 bridgehead atoms. The van der Waals surface area contributed by atoms with Gasteiger partial charge in [0.15, 0.2) is 0 Å². The first kappa shape index (κ1) is 13.7. The van der Waals surface area contributed by atoms with Crippen molar-refractivity contribution in [1.82, 2.24) is 5.32 Å². The van der Waals surface area contributed by atoms with Crippen molar-refractivity contribution in [2.75, 3.05) is 13.1 Å². The molecule has 0 spiro atoms. The van der Waals surface area contributed by atoms with E-state index in [4.69, 9.17) is 0 Å². The smallest absolute Gasteiger partial charge is 0.00258 e. The van der Waals surface area contributed by atoms with Gasteiger partial charge in [0.2, 0.25) is 0 Å². The van der Waals surface area contributed by atoms with Crippen molar-refractivity contribution in [1.29, 1.82) is 0 Å². The van der Waals surface area contributed by atoms with Crippen LogP contribution in [0.25, 0.3) is 0 Å². The van der Waals surface area contributed by atoms with E-state index in [2.05, 4.69) is 39.6 Å². The van der Waals surface area contributed by atoms with Crippen LogP contribution in [0.15, 0.2) is 12.7 Å². The summed E-state index contributed by atoms with van der Waals surface area (Å²) in [6.07, 6.45) is 5.66.